The predicted octanol–water partition coefficient (Wildman–Crippen LogP) is 6.99. The molecule has 0 amide bonds. The topological polar surface area (TPSA) is 127 Å². The maximum absolute atomic E-state index is 12.7. The lowest BCUT2D eigenvalue weighted by Gasteiger charge is -2.32. The molecular weight excluding hydrogens is 629 g/mol. The van der Waals surface area contributed by atoms with E-state index < -0.39 is 12.7 Å². The van der Waals surface area contributed by atoms with E-state index in [1.54, 1.807) is 18.2 Å². The lowest BCUT2D eigenvalue weighted by atomic mass is 9.89. The highest BCUT2D eigenvalue weighted by molar-refractivity contribution is 5.89. The van der Waals surface area contributed by atoms with Crippen molar-refractivity contribution in [2.75, 3.05) is 32.7 Å². The van der Waals surface area contributed by atoms with Crippen LogP contribution in [-0.2, 0) is 0 Å². The Bertz CT molecular complexity index is 1930. The number of piperidine rings is 2. The average Bonchev–Trinajstić information content (AvgIpc) is 3.58. The lowest BCUT2D eigenvalue weighted by molar-refractivity contribution is -0.147. The standard InChI is InChI=1S/C30H30F3N7O.C7H5N/c31-30(32,33)17-40-13-9-20(10-14-40)19-1-3-21(4-2-19)28-38-27-26(36-18-37-29(27)39-28)22-5-6-25(23(15-22)16-34)41-24-7-11-35-12-8-24;8-6-7-4-2-1-3-5-7/h1-6,15,18,20,24,35H,7-14,17H2,(H,36,37,38,39);1-5H. The molecule has 49 heavy (non-hydrogen) atoms. The van der Waals surface area contributed by atoms with E-state index in [-0.39, 0.29) is 12.0 Å². The monoisotopic (exact) mass is 664 g/mol. The molecule has 2 aromatic heterocycles. The van der Waals surface area contributed by atoms with Gasteiger partial charge in [0.1, 0.15) is 35.6 Å². The van der Waals surface area contributed by atoms with Crippen molar-refractivity contribution in [2.45, 2.75) is 43.9 Å². The number of imidazole rings is 1. The molecule has 12 heteroatoms. The summed E-state index contributed by atoms with van der Waals surface area (Å²) in [6.07, 6.45) is 0.590. The summed E-state index contributed by atoms with van der Waals surface area (Å²) >= 11 is 0. The van der Waals surface area contributed by atoms with Crippen LogP contribution in [0.2, 0.25) is 0 Å². The van der Waals surface area contributed by atoms with Crippen molar-refractivity contribution in [1.29, 1.82) is 10.5 Å². The number of halogens is 3. The zero-order chi connectivity index (χ0) is 34.2. The third-order valence-electron chi connectivity index (χ3n) is 8.79. The summed E-state index contributed by atoms with van der Waals surface area (Å²) in [5.41, 5.74) is 5.73. The highest BCUT2D eigenvalue weighted by atomic mass is 19.4. The highest BCUT2D eigenvalue weighted by Gasteiger charge is 2.32. The van der Waals surface area contributed by atoms with E-state index in [0.29, 0.717) is 65.5 Å². The number of likely N-dealkylation sites (tertiary alicyclic amines) is 1. The lowest BCUT2D eigenvalue weighted by Crippen LogP contribution is -2.39. The molecule has 0 atom stereocenters. The second kappa shape index (κ2) is 15.3. The molecule has 9 nitrogen and oxygen atoms in total. The number of nitrogens with zero attached hydrogens (tertiary/aromatic N) is 6. The summed E-state index contributed by atoms with van der Waals surface area (Å²) in [5.74, 6) is 1.45. The number of alkyl halides is 3. The molecule has 2 saturated heterocycles. The van der Waals surface area contributed by atoms with Crippen molar-refractivity contribution in [3.8, 4) is 40.5 Å². The SMILES string of the molecule is N#Cc1cc(-c2ncnc3nc(-c4ccc(C5CCN(CC(F)(F)F)CC5)cc4)[nH]c23)ccc1OC1CCNCC1.N#Cc1ccccc1. The van der Waals surface area contributed by atoms with Crippen LogP contribution in [0, 0.1) is 22.7 Å². The second-order valence-electron chi connectivity index (χ2n) is 12.2. The summed E-state index contributed by atoms with van der Waals surface area (Å²) in [5, 5.41) is 21.4. The number of hydrogen-bond donors (Lipinski definition) is 2. The maximum atomic E-state index is 12.7. The van der Waals surface area contributed by atoms with E-state index in [9.17, 15) is 18.4 Å². The summed E-state index contributed by atoms with van der Waals surface area (Å²) in [4.78, 5) is 18.3. The Labute approximate surface area is 282 Å². The number of ether oxygens (including phenoxy) is 1. The van der Waals surface area contributed by atoms with E-state index >= 15 is 0 Å². The van der Waals surface area contributed by atoms with E-state index in [1.165, 1.54) is 11.2 Å². The van der Waals surface area contributed by atoms with E-state index in [2.05, 4.69) is 31.3 Å². The quantitative estimate of drug-likeness (QED) is 0.199. The number of rotatable bonds is 6. The third kappa shape index (κ3) is 8.60. The minimum absolute atomic E-state index is 0.0868. The first-order valence-electron chi connectivity index (χ1n) is 16.3. The minimum atomic E-state index is -4.16. The van der Waals surface area contributed by atoms with Crippen LogP contribution in [0.1, 0.15) is 48.3 Å². The molecule has 2 fully saturated rings. The normalized spacial score (nSPS) is 15.9. The van der Waals surface area contributed by atoms with E-state index in [1.807, 2.05) is 60.7 Å². The number of hydrogen-bond acceptors (Lipinski definition) is 8. The molecule has 7 rings (SSSR count). The number of benzene rings is 3. The molecule has 0 saturated carbocycles. The van der Waals surface area contributed by atoms with Crippen molar-refractivity contribution in [1.82, 2.24) is 30.2 Å². The first kappa shape index (κ1) is 33.6. The molecule has 250 valence electrons. The highest BCUT2D eigenvalue weighted by Crippen LogP contribution is 2.33. The summed E-state index contributed by atoms with van der Waals surface area (Å²) in [6.45, 7) is 1.84. The largest absolute Gasteiger partial charge is 0.489 e. The van der Waals surface area contributed by atoms with Gasteiger partial charge >= 0.3 is 6.18 Å². The van der Waals surface area contributed by atoms with Crippen molar-refractivity contribution in [3.05, 3.63) is 95.8 Å². The molecule has 2 aliphatic heterocycles. The van der Waals surface area contributed by atoms with Crippen LogP contribution >= 0.6 is 0 Å². The molecule has 2 N–H and O–H groups in total. The Morgan fingerprint density at radius 3 is 2.22 bits per heavy atom. The van der Waals surface area contributed by atoms with Gasteiger partial charge in [-0.05, 0) is 93.7 Å². The molecule has 0 radical (unpaired) electrons. The van der Waals surface area contributed by atoms with Crippen LogP contribution in [0.5, 0.6) is 5.75 Å². The van der Waals surface area contributed by atoms with Crippen molar-refractivity contribution >= 4 is 11.2 Å². The third-order valence-corrected chi connectivity index (χ3v) is 8.79. The van der Waals surface area contributed by atoms with Gasteiger partial charge in [0.05, 0.1) is 29.4 Å². The van der Waals surface area contributed by atoms with Crippen molar-refractivity contribution in [3.63, 3.8) is 0 Å². The predicted molar refractivity (Wildman–Crippen MR) is 179 cm³/mol. The molecule has 5 aromatic rings. The molecule has 0 spiro atoms. The van der Waals surface area contributed by atoms with E-state index in [0.717, 1.165) is 42.6 Å². The van der Waals surface area contributed by atoms with E-state index in [4.69, 9.17) is 10.00 Å². The molecule has 0 aliphatic carbocycles. The Kier molecular flexibility index (Phi) is 10.5. The Morgan fingerprint density at radius 2 is 1.57 bits per heavy atom. The van der Waals surface area contributed by atoms with Gasteiger partial charge in [-0.3, -0.25) is 4.90 Å². The van der Waals surface area contributed by atoms with Gasteiger partial charge in [0.25, 0.3) is 0 Å². The van der Waals surface area contributed by atoms with Crippen LogP contribution in [0.3, 0.4) is 0 Å². The Morgan fingerprint density at radius 1 is 0.857 bits per heavy atom. The summed E-state index contributed by atoms with van der Waals surface area (Å²) in [6, 6.07) is 26.9. The van der Waals surface area contributed by atoms with Crippen LogP contribution in [0.15, 0.2) is 79.1 Å². The smallest absolute Gasteiger partial charge is 0.401 e. The zero-order valence-corrected chi connectivity index (χ0v) is 26.7. The molecule has 0 bridgehead atoms. The first-order valence-corrected chi connectivity index (χ1v) is 16.3. The number of nitrogens with one attached hydrogen (secondary N) is 2. The van der Waals surface area contributed by atoms with Gasteiger partial charge in [0.15, 0.2) is 5.65 Å². The van der Waals surface area contributed by atoms with Crippen molar-refractivity contribution < 1.29 is 17.9 Å². The maximum Gasteiger partial charge on any atom is 0.401 e. The van der Waals surface area contributed by atoms with Crippen molar-refractivity contribution in [2.24, 2.45) is 0 Å². The second-order valence-corrected chi connectivity index (χ2v) is 12.2. The summed E-state index contributed by atoms with van der Waals surface area (Å²) in [7, 11) is 0. The fourth-order valence-corrected chi connectivity index (χ4v) is 6.25. The number of H-pyrrole nitrogens is 1. The van der Waals surface area contributed by atoms with Gasteiger partial charge in [-0.25, -0.2) is 15.0 Å². The summed E-state index contributed by atoms with van der Waals surface area (Å²) < 4.78 is 44.3. The molecular formula is C37H35F3N8O. The van der Waals surface area contributed by atoms with Gasteiger partial charge in [0, 0.05) is 11.1 Å². The molecule has 0 unspecified atom stereocenters. The van der Waals surface area contributed by atoms with Gasteiger partial charge in [-0.1, -0.05) is 42.5 Å². The first-order chi connectivity index (χ1) is 23.8. The number of aromatic amines is 1. The van der Waals surface area contributed by atoms with Crippen LogP contribution in [-0.4, -0.2) is 69.8 Å². The van der Waals surface area contributed by atoms with Gasteiger partial charge in [0.2, 0.25) is 0 Å². The average molecular weight is 665 g/mol. The zero-order valence-electron chi connectivity index (χ0n) is 26.7. The molecule has 4 heterocycles. The number of fused-ring (bicyclic) bond motifs is 1. The molecule has 2 aliphatic rings. The van der Waals surface area contributed by atoms with Gasteiger partial charge < -0.3 is 15.0 Å². The van der Waals surface area contributed by atoms with Crippen LogP contribution in [0.25, 0.3) is 33.8 Å². The number of nitriles is 2. The van der Waals surface area contributed by atoms with Crippen LogP contribution in [0.4, 0.5) is 13.2 Å². The molecule has 3 aromatic carbocycles. The Balaban J connectivity index is 0.000000459. The minimum Gasteiger partial charge on any atom is -0.489 e. The van der Waals surface area contributed by atoms with Crippen LogP contribution < -0.4 is 10.1 Å². The fourth-order valence-electron chi connectivity index (χ4n) is 6.25. The Hall–Kier alpha value is -5.30. The van der Waals surface area contributed by atoms with Gasteiger partial charge in [-0.2, -0.15) is 23.7 Å². The number of aromatic nitrogens is 4. The fraction of sp³-hybridized carbons (Fsp3) is 0.324. The van der Waals surface area contributed by atoms with Gasteiger partial charge in [-0.15, -0.1) is 0 Å².